The lowest BCUT2D eigenvalue weighted by atomic mass is 10.1. The smallest absolute Gasteiger partial charge is 0.253 e. The number of aryl methyl sites for hydroxylation is 1. The van der Waals surface area contributed by atoms with Crippen molar-refractivity contribution >= 4 is 23.2 Å². The number of rotatable bonds is 7. The Morgan fingerprint density at radius 2 is 1.85 bits per heavy atom. The topological polar surface area (TPSA) is 70.2 Å². The molecule has 2 aromatic carbocycles. The minimum absolute atomic E-state index is 0.0373. The second kappa shape index (κ2) is 8.99. The van der Waals surface area contributed by atoms with E-state index < -0.39 is 0 Å². The van der Waals surface area contributed by atoms with Crippen molar-refractivity contribution in [1.29, 1.82) is 0 Å². The summed E-state index contributed by atoms with van der Waals surface area (Å²) >= 11 is 0. The molecule has 138 valence electrons. The molecule has 0 radical (unpaired) electrons. The van der Waals surface area contributed by atoms with E-state index in [0.717, 1.165) is 0 Å². The molecular formula is C20H24FN3O2. The van der Waals surface area contributed by atoms with Gasteiger partial charge in [-0.05, 0) is 42.7 Å². The van der Waals surface area contributed by atoms with Crippen LogP contribution in [0, 0.1) is 18.7 Å². The molecule has 0 aliphatic carbocycles. The van der Waals surface area contributed by atoms with E-state index in [-0.39, 0.29) is 24.2 Å². The highest BCUT2D eigenvalue weighted by molar-refractivity contribution is 6.04. The highest BCUT2D eigenvalue weighted by Gasteiger charge is 2.13. The molecule has 0 saturated heterocycles. The molecule has 5 nitrogen and oxygen atoms in total. The Labute approximate surface area is 153 Å². The van der Waals surface area contributed by atoms with E-state index in [1.807, 2.05) is 13.8 Å². The summed E-state index contributed by atoms with van der Waals surface area (Å²) in [5.41, 5.74) is 1.91. The van der Waals surface area contributed by atoms with Gasteiger partial charge in [0.05, 0.1) is 17.8 Å². The molecular weight excluding hydrogens is 333 g/mol. The number of hydrogen-bond acceptors (Lipinski definition) is 3. The Bertz CT molecular complexity index is 790. The second-order valence-corrected chi connectivity index (χ2v) is 6.52. The van der Waals surface area contributed by atoms with E-state index >= 15 is 0 Å². The fraction of sp³-hybridized carbons (Fsp3) is 0.300. The monoisotopic (exact) mass is 357 g/mol. The number of halogens is 1. The average Bonchev–Trinajstić information content (AvgIpc) is 2.61. The Balaban J connectivity index is 1.98. The lowest BCUT2D eigenvalue weighted by molar-refractivity contribution is -0.114. The zero-order valence-electron chi connectivity index (χ0n) is 15.2. The van der Waals surface area contributed by atoms with Crippen molar-refractivity contribution in [2.24, 2.45) is 5.92 Å². The molecule has 2 aromatic rings. The molecule has 0 aliphatic heterocycles. The van der Waals surface area contributed by atoms with Gasteiger partial charge in [0.25, 0.3) is 5.91 Å². The molecule has 0 unspecified atom stereocenters. The summed E-state index contributed by atoms with van der Waals surface area (Å²) in [6, 6.07) is 11.5. The maximum Gasteiger partial charge on any atom is 0.253 e. The van der Waals surface area contributed by atoms with E-state index in [2.05, 4.69) is 16.0 Å². The minimum Gasteiger partial charge on any atom is -0.376 e. The van der Waals surface area contributed by atoms with Gasteiger partial charge in [-0.3, -0.25) is 9.59 Å². The van der Waals surface area contributed by atoms with Gasteiger partial charge in [-0.2, -0.15) is 0 Å². The number of benzene rings is 2. The molecule has 0 spiro atoms. The van der Waals surface area contributed by atoms with E-state index in [4.69, 9.17) is 0 Å². The van der Waals surface area contributed by atoms with Crippen LogP contribution in [0.5, 0.6) is 0 Å². The first-order chi connectivity index (χ1) is 12.4. The zero-order chi connectivity index (χ0) is 19.1. The quantitative estimate of drug-likeness (QED) is 0.709. The summed E-state index contributed by atoms with van der Waals surface area (Å²) in [5, 5.41) is 8.42. The number of hydrogen-bond donors (Lipinski definition) is 3. The molecule has 26 heavy (non-hydrogen) atoms. The third-order valence-corrected chi connectivity index (χ3v) is 3.74. The van der Waals surface area contributed by atoms with E-state index in [9.17, 15) is 14.0 Å². The van der Waals surface area contributed by atoms with Crippen molar-refractivity contribution in [3.63, 3.8) is 0 Å². The third-order valence-electron chi connectivity index (χ3n) is 3.74. The molecule has 0 atom stereocenters. The lowest BCUT2D eigenvalue weighted by Gasteiger charge is -2.13. The summed E-state index contributed by atoms with van der Waals surface area (Å²) in [5.74, 6) is -0.555. The first-order valence-electron chi connectivity index (χ1n) is 8.54. The first kappa shape index (κ1) is 19.4. The van der Waals surface area contributed by atoms with Crippen LogP contribution >= 0.6 is 0 Å². The maximum atomic E-state index is 13.5. The van der Waals surface area contributed by atoms with Crippen molar-refractivity contribution in [2.45, 2.75) is 20.8 Å². The molecule has 0 heterocycles. The lowest BCUT2D eigenvalue weighted by Crippen LogP contribution is -2.29. The molecule has 0 saturated carbocycles. The van der Waals surface area contributed by atoms with Crippen molar-refractivity contribution < 1.29 is 14.0 Å². The van der Waals surface area contributed by atoms with Crippen LogP contribution in [0.2, 0.25) is 0 Å². The standard InChI is InChI=1S/C20H24FN3O2/c1-13(2)11-23-20(26)16-6-4-5-7-18(16)24-19(25)12-22-15-9-8-14(3)17(21)10-15/h4-10,13,22H,11-12H2,1-3H3,(H,23,26)(H,24,25). The number of para-hydroxylation sites is 1. The molecule has 0 fully saturated rings. The minimum atomic E-state index is -0.331. The molecule has 0 aromatic heterocycles. The van der Waals surface area contributed by atoms with Crippen LogP contribution in [0.15, 0.2) is 42.5 Å². The molecule has 0 aliphatic rings. The van der Waals surface area contributed by atoms with E-state index in [1.54, 1.807) is 43.3 Å². The molecule has 2 rings (SSSR count). The predicted octanol–water partition coefficient (Wildman–Crippen LogP) is 3.57. The van der Waals surface area contributed by atoms with Crippen LogP contribution < -0.4 is 16.0 Å². The maximum absolute atomic E-state index is 13.5. The van der Waals surface area contributed by atoms with Crippen LogP contribution in [-0.4, -0.2) is 24.9 Å². The van der Waals surface area contributed by atoms with Crippen molar-refractivity contribution in [3.8, 4) is 0 Å². The summed E-state index contributed by atoms with van der Waals surface area (Å²) in [7, 11) is 0. The summed E-state index contributed by atoms with van der Waals surface area (Å²) in [6.07, 6.45) is 0. The third kappa shape index (κ3) is 5.58. The van der Waals surface area contributed by atoms with Crippen LogP contribution in [-0.2, 0) is 4.79 Å². The second-order valence-electron chi connectivity index (χ2n) is 6.52. The number of carbonyl (C=O) groups is 2. The number of carbonyl (C=O) groups excluding carboxylic acids is 2. The SMILES string of the molecule is Cc1ccc(NCC(=O)Nc2ccccc2C(=O)NCC(C)C)cc1F. The van der Waals surface area contributed by atoms with Crippen LogP contribution in [0.1, 0.15) is 29.8 Å². The van der Waals surface area contributed by atoms with Crippen LogP contribution in [0.25, 0.3) is 0 Å². The molecule has 6 heteroatoms. The fourth-order valence-corrected chi connectivity index (χ4v) is 2.26. The van der Waals surface area contributed by atoms with Crippen molar-refractivity contribution in [2.75, 3.05) is 23.7 Å². The Morgan fingerprint density at radius 1 is 1.12 bits per heavy atom. The van der Waals surface area contributed by atoms with Gasteiger partial charge in [-0.15, -0.1) is 0 Å². The van der Waals surface area contributed by atoms with Gasteiger partial charge in [0.15, 0.2) is 0 Å². The van der Waals surface area contributed by atoms with E-state index in [1.165, 1.54) is 6.07 Å². The van der Waals surface area contributed by atoms with Gasteiger partial charge in [0.2, 0.25) is 5.91 Å². The molecule has 2 amide bonds. The van der Waals surface area contributed by atoms with E-state index in [0.29, 0.717) is 35.0 Å². The zero-order valence-corrected chi connectivity index (χ0v) is 15.2. The van der Waals surface area contributed by atoms with Gasteiger partial charge in [-0.25, -0.2) is 4.39 Å². The normalized spacial score (nSPS) is 10.5. The summed E-state index contributed by atoms with van der Waals surface area (Å²) in [6.45, 7) is 6.21. The predicted molar refractivity (Wildman–Crippen MR) is 102 cm³/mol. The van der Waals surface area contributed by atoms with Gasteiger partial charge in [0, 0.05) is 12.2 Å². The van der Waals surface area contributed by atoms with Gasteiger partial charge >= 0.3 is 0 Å². The van der Waals surface area contributed by atoms with Gasteiger partial charge in [0.1, 0.15) is 5.82 Å². The summed E-state index contributed by atoms with van der Waals surface area (Å²) < 4.78 is 13.5. The fourth-order valence-electron chi connectivity index (χ4n) is 2.26. The average molecular weight is 357 g/mol. The number of anilines is 2. The first-order valence-corrected chi connectivity index (χ1v) is 8.54. The highest BCUT2D eigenvalue weighted by atomic mass is 19.1. The Hall–Kier alpha value is -2.89. The van der Waals surface area contributed by atoms with Gasteiger partial charge in [-0.1, -0.05) is 32.0 Å². The number of nitrogens with one attached hydrogen (secondary N) is 3. The highest BCUT2D eigenvalue weighted by Crippen LogP contribution is 2.16. The number of amides is 2. The molecule has 3 N–H and O–H groups in total. The van der Waals surface area contributed by atoms with Gasteiger partial charge < -0.3 is 16.0 Å². The Morgan fingerprint density at radius 3 is 2.54 bits per heavy atom. The van der Waals surface area contributed by atoms with Crippen molar-refractivity contribution in [3.05, 3.63) is 59.4 Å². The van der Waals surface area contributed by atoms with Crippen molar-refractivity contribution in [1.82, 2.24) is 5.32 Å². The Kier molecular flexibility index (Phi) is 6.72. The largest absolute Gasteiger partial charge is 0.376 e. The molecule has 0 bridgehead atoms. The van der Waals surface area contributed by atoms with Crippen LogP contribution in [0.3, 0.4) is 0 Å². The summed E-state index contributed by atoms with van der Waals surface area (Å²) in [4.78, 5) is 24.5. The van der Waals surface area contributed by atoms with Crippen LogP contribution in [0.4, 0.5) is 15.8 Å².